The van der Waals surface area contributed by atoms with Crippen molar-refractivity contribution in [3.63, 3.8) is 0 Å². The Morgan fingerprint density at radius 1 is 1.23 bits per heavy atom. The minimum Gasteiger partial charge on any atom is -0.367 e. The van der Waals surface area contributed by atoms with Crippen LogP contribution in [0.25, 0.3) is 0 Å². The topological polar surface area (TPSA) is 67.4 Å². The van der Waals surface area contributed by atoms with E-state index in [1.54, 1.807) is 30.5 Å². The predicted molar refractivity (Wildman–Crippen MR) is 88.6 cm³/mol. The Morgan fingerprint density at radius 2 is 1.82 bits per heavy atom. The summed E-state index contributed by atoms with van der Waals surface area (Å²) >= 11 is 0. The Hall–Kier alpha value is -1.40. The maximum Gasteiger partial charge on any atom is 0.319 e. The molecule has 6 heteroatoms. The van der Waals surface area contributed by atoms with Gasteiger partial charge in [-0.3, -0.25) is 4.21 Å². The zero-order chi connectivity index (χ0) is 16.5. The summed E-state index contributed by atoms with van der Waals surface area (Å²) in [7, 11) is -1.02. The molecular formula is C16H24N2O3S. The Balaban J connectivity index is 1.97. The Kier molecular flexibility index (Phi) is 4.63. The number of amides is 2. The smallest absolute Gasteiger partial charge is 0.319 e. The molecule has 0 saturated carbocycles. The second kappa shape index (κ2) is 6.01. The highest BCUT2D eigenvalue weighted by atomic mass is 32.2. The molecule has 122 valence electrons. The van der Waals surface area contributed by atoms with Gasteiger partial charge in [0.25, 0.3) is 0 Å². The fourth-order valence-corrected chi connectivity index (χ4v) is 3.36. The first-order valence-corrected chi connectivity index (χ1v) is 8.86. The van der Waals surface area contributed by atoms with E-state index in [-0.39, 0.29) is 17.7 Å². The van der Waals surface area contributed by atoms with Gasteiger partial charge in [0, 0.05) is 27.6 Å². The number of carbonyl (C=O) groups excluding carboxylic acids is 1. The first-order chi connectivity index (χ1) is 10.1. The quantitative estimate of drug-likeness (QED) is 0.898. The molecule has 1 aromatic rings. The molecule has 2 atom stereocenters. The van der Waals surface area contributed by atoms with Crippen molar-refractivity contribution in [2.75, 3.05) is 11.6 Å². The third kappa shape index (κ3) is 4.08. The van der Waals surface area contributed by atoms with E-state index in [2.05, 4.69) is 10.6 Å². The van der Waals surface area contributed by atoms with Gasteiger partial charge in [-0.1, -0.05) is 0 Å². The van der Waals surface area contributed by atoms with Gasteiger partial charge in [0.2, 0.25) is 0 Å². The molecule has 2 amide bonds. The van der Waals surface area contributed by atoms with E-state index in [0.717, 1.165) is 11.3 Å². The molecular weight excluding hydrogens is 300 g/mol. The summed E-state index contributed by atoms with van der Waals surface area (Å²) in [5.74, 6) is 0. The Labute approximate surface area is 134 Å². The van der Waals surface area contributed by atoms with E-state index < -0.39 is 16.4 Å². The largest absolute Gasteiger partial charge is 0.367 e. The Morgan fingerprint density at radius 3 is 2.27 bits per heavy atom. The number of carbonyl (C=O) groups is 1. The summed E-state index contributed by atoms with van der Waals surface area (Å²) in [4.78, 5) is 12.9. The number of benzene rings is 1. The van der Waals surface area contributed by atoms with Crippen molar-refractivity contribution >= 4 is 22.5 Å². The molecule has 1 aromatic carbocycles. The molecule has 2 N–H and O–H groups in total. The summed E-state index contributed by atoms with van der Waals surface area (Å²) < 4.78 is 17.3. The predicted octanol–water partition coefficient (Wildman–Crippen LogP) is 2.89. The molecule has 1 fully saturated rings. The second-order valence-corrected chi connectivity index (χ2v) is 8.18. The Bertz CT molecular complexity index is 582. The number of urea groups is 1. The van der Waals surface area contributed by atoms with Crippen LogP contribution in [0.1, 0.15) is 34.1 Å². The van der Waals surface area contributed by atoms with E-state index >= 15 is 0 Å². The van der Waals surface area contributed by atoms with Crippen LogP contribution in [-0.2, 0) is 15.5 Å². The monoisotopic (exact) mass is 324 g/mol. The van der Waals surface area contributed by atoms with Crippen LogP contribution < -0.4 is 10.6 Å². The summed E-state index contributed by atoms with van der Waals surface area (Å²) in [5.41, 5.74) is 0.0284. The van der Waals surface area contributed by atoms with E-state index in [0.29, 0.717) is 5.69 Å². The molecule has 1 aliphatic heterocycles. The first-order valence-electron chi connectivity index (χ1n) is 7.30. The number of hydrogen-bond donors (Lipinski definition) is 2. The van der Waals surface area contributed by atoms with Gasteiger partial charge in [-0.15, -0.1) is 0 Å². The van der Waals surface area contributed by atoms with Crippen molar-refractivity contribution < 1.29 is 13.7 Å². The maximum atomic E-state index is 12.1. The van der Waals surface area contributed by atoms with Crippen molar-refractivity contribution in [1.82, 2.24) is 5.32 Å². The highest BCUT2D eigenvalue weighted by molar-refractivity contribution is 7.84. The SMILES string of the molecule is C[S@@](=O)c1ccc(NC(=O)N[C@@H]2CC(C)(C)OC2(C)C)cc1. The van der Waals surface area contributed by atoms with Gasteiger partial charge in [-0.25, -0.2) is 4.79 Å². The van der Waals surface area contributed by atoms with Crippen molar-refractivity contribution in [2.24, 2.45) is 0 Å². The molecule has 0 aliphatic carbocycles. The minimum absolute atomic E-state index is 0.0510. The van der Waals surface area contributed by atoms with Crippen LogP contribution in [0, 0.1) is 0 Å². The molecule has 1 aliphatic rings. The van der Waals surface area contributed by atoms with Gasteiger partial charge in [0.15, 0.2) is 0 Å². The fourth-order valence-electron chi connectivity index (χ4n) is 2.84. The molecule has 22 heavy (non-hydrogen) atoms. The summed E-state index contributed by atoms with van der Waals surface area (Å²) in [5, 5.41) is 5.77. The van der Waals surface area contributed by atoms with Gasteiger partial charge in [0.1, 0.15) is 0 Å². The maximum absolute atomic E-state index is 12.1. The molecule has 1 heterocycles. The van der Waals surface area contributed by atoms with E-state index in [1.807, 2.05) is 27.7 Å². The number of hydrogen-bond acceptors (Lipinski definition) is 3. The van der Waals surface area contributed by atoms with Gasteiger partial charge < -0.3 is 15.4 Å². The number of nitrogens with one attached hydrogen (secondary N) is 2. The van der Waals surface area contributed by atoms with Crippen LogP contribution in [-0.4, -0.2) is 33.7 Å². The zero-order valence-corrected chi connectivity index (χ0v) is 14.5. The van der Waals surface area contributed by atoms with Crippen molar-refractivity contribution in [2.45, 2.75) is 56.3 Å². The average Bonchev–Trinajstić information content (AvgIpc) is 2.57. The van der Waals surface area contributed by atoms with Gasteiger partial charge in [0.05, 0.1) is 17.2 Å². The van der Waals surface area contributed by atoms with Crippen LogP contribution >= 0.6 is 0 Å². The third-order valence-corrected chi connectivity index (χ3v) is 4.76. The molecule has 2 rings (SSSR count). The summed E-state index contributed by atoms with van der Waals surface area (Å²) in [6.07, 6.45) is 2.39. The highest BCUT2D eigenvalue weighted by Gasteiger charge is 2.46. The van der Waals surface area contributed by atoms with Crippen molar-refractivity contribution in [1.29, 1.82) is 0 Å². The number of ether oxygens (including phenoxy) is 1. The first kappa shape index (κ1) is 17.0. The van der Waals surface area contributed by atoms with E-state index in [9.17, 15) is 9.00 Å². The molecule has 0 spiro atoms. The van der Waals surface area contributed by atoms with Crippen LogP contribution in [0.5, 0.6) is 0 Å². The van der Waals surface area contributed by atoms with Gasteiger partial charge in [-0.05, 0) is 58.4 Å². The standard InChI is InChI=1S/C16H24N2O3S/c1-15(2)10-13(16(3,4)21-15)18-14(19)17-11-6-8-12(9-7-11)22(5)20/h6-9,13H,10H2,1-5H3,(H2,17,18,19)/t13-,22-/m1/s1. The van der Waals surface area contributed by atoms with E-state index in [4.69, 9.17) is 4.74 Å². The molecule has 0 bridgehead atoms. The van der Waals surface area contributed by atoms with Crippen LogP contribution in [0.15, 0.2) is 29.2 Å². The lowest BCUT2D eigenvalue weighted by Gasteiger charge is -2.27. The minimum atomic E-state index is -1.02. The molecule has 0 aromatic heterocycles. The molecule has 0 radical (unpaired) electrons. The van der Waals surface area contributed by atoms with Crippen LogP contribution in [0.2, 0.25) is 0 Å². The molecule has 5 nitrogen and oxygen atoms in total. The zero-order valence-electron chi connectivity index (χ0n) is 13.7. The summed E-state index contributed by atoms with van der Waals surface area (Å²) in [6.45, 7) is 8.02. The highest BCUT2D eigenvalue weighted by Crippen LogP contribution is 2.37. The average molecular weight is 324 g/mol. The van der Waals surface area contributed by atoms with Crippen LogP contribution in [0.3, 0.4) is 0 Å². The summed E-state index contributed by atoms with van der Waals surface area (Å²) in [6, 6.07) is 6.68. The number of anilines is 1. The normalized spacial score (nSPS) is 23.8. The molecule has 0 unspecified atom stereocenters. The lowest BCUT2D eigenvalue weighted by atomic mass is 9.95. The van der Waals surface area contributed by atoms with Gasteiger partial charge in [-0.2, -0.15) is 0 Å². The fraction of sp³-hybridized carbons (Fsp3) is 0.562. The van der Waals surface area contributed by atoms with Crippen molar-refractivity contribution in [3.8, 4) is 0 Å². The number of rotatable bonds is 3. The molecule has 1 saturated heterocycles. The van der Waals surface area contributed by atoms with E-state index in [1.165, 1.54) is 0 Å². The lowest BCUT2D eigenvalue weighted by Crippen LogP contribution is -2.47. The lowest BCUT2D eigenvalue weighted by molar-refractivity contribution is -0.0689. The van der Waals surface area contributed by atoms with Crippen LogP contribution in [0.4, 0.5) is 10.5 Å². The third-order valence-electron chi connectivity index (χ3n) is 3.82. The van der Waals surface area contributed by atoms with Crippen molar-refractivity contribution in [3.05, 3.63) is 24.3 Å². The second-order valence-electron chi connectivity index (χ2n) is 6.80. The van der Waals surface area contributed by atoms with Gasteiger partial charge >= 0.3 is 6.03 Å².